The second-order valence-corrected chi connectivity index (χ2v) is 8.61. The molecule has 0 saturated heterocycles. The highest BCUT2D eigenvalue weighted by Crippen LogP contribution is 2.19. The van der Waals surface area contributed by atoms with Gasteiger partial charge in [-0.3, -0.25) is 9.59 Å². The molecule has 0 heterocycles. The van der Waals surface area contributed by atoms with Crippen LogP contribution in [0, 0.1) is 19.8 Å². The Kier molecular flexibility index (Phi) is 9.10. The molecule has 2 aromatic carbocycles. The summed E-state index contributed by atoms with van der Waals surface area (Å²) in [6, 6.07) is 13.3. The normalized spacial score (nSPS) is 11.8. The summed E-state index contributed by atoms with van der Waals surface area (Å²) in [5.74, 6) is 0.919. The van der Waals surface area contributed by atoms with Crippen LogP contribution in [-0.4, -0.2) is 36.4 Å². The lowest BCUT2D eigenvalue weighted by Gasteiger charge is -2.31. The van der Waals surface area contributed by atoms with E-state index in [1.165, 1.54) is 0 Å². The van der Waals surface area contributed by atoms with Crippen molar-refractivity contribution in [3.05, 3.63) is 64.7 Å². The molecule has 5 heteroatoms. The minimum absolute atomic E-state index is 0.0561. The first kappa shape index (κ1) is 24.4. The second-order valence-electron chi connectivity index (χ2n) is 8.61. The lowest BCUT2D eigenvalue weighted by Crippen LogP contribution is -2.50. The van der Waals surface area contributed by atoms with Gasteiger partial charge in [-0.05, 0) is 49.4 Å². The van der Waals surface area contributed by atoms with E-state index in [0.29, 0.717) is 25.4 Å². The molecule has 0 bridgehead atoms. The van der Waals surface area contributed by atoms with E-state index in [4.69, 9.17) is 4.74 Å². The SMILES string of the molecule is CC[C@H](C(=O)NCC(C)C)N(Cc1cccc(OC)c1)C(=O)Cc1cc(C)cc(C)c1. The quantitative estimate of drug-likeness (QED) is 0.614. The molecule has 168 valence electrons. The number of nitrogens with one attached hydrogen (secondary N) is 1. The zero-order chi connectivity index (χ0) is 23.0. The van der Waals surface area contributed by atoms with Gasteiger partial charge in [0.2, 0.25) is 11.8 Å². The van der Waals surface area contributed by atoms with Crippen LogP contribution >= 0.6 is 0 Å². The van der Waals surface area contributed by atoms with Gasteiger partial charge in [0.1, 0.15) is 11.8 Å². The highest BCUT2D eigenvalue weighted by Gasteiger charge is 2.28. The largest absolute Gasteiger partial charge is 0.497 e. The van der Waals surface area contributed by atoms with E-state index in [2.05, 4.69) is 25.2 Å². The maximum Gasteiger partial charge on any atom is 0.242 e. The summed E-state index contributed by atoms with van der Waals surface area (Å²) in [6.45, 7) is 11.1. The van der Waals surface area contributed by atoms with E-state index in [0.717, 1.165) is 28.0 Å². The van der Waals surface area contributed by atoms with Gasteiger partial charge in [-0.25, -0.2) is 0 Å². The fourth-order valence-corrected chi connectivity index (χ4v) is 3.76. The molecule has 2 rings (SSSR count). The molecular weight excluding hydrogens is 388 g/mol. The molecule has 0 aliphatic rings. The van der Waals surface area contributed by atoms with Gasteiger partial charge in [-0.2, -0.15) is 0 Å². The third-order valence-corrected chi connectivity index (χ3v) is 5.19. The maximum atomic E-state index is 13.5. The van der Waals surface area contributed by atoms with Crippen molar-refractivity contribution >= 4 is 11.8 Å². The summed E-state index contributed by atoms with van der Waals surface area (Å²) >= 11 is 0. The summed E-state index contributed by atoms with van der Waals surface area (Å²) < 4.78 is 5.34. The molecule has 2 aromatic rings. The summed E-state index contributed by atoms with van der Waals surface area (Å²) in [5.41, 5.74) is 4.16. The summed E-state index contributed by atoms with van der Waals surface area (Å²) in [5, 5.41) is 3.00. The number of ether oxygens (including phenoxy) is 1. The van der Waals surface area contributed by atoms with E-state index in [1.54, 1.807) is 12.0 Å². The van der Waals surface area contributed by atoms with Crippen LogP contribution in [0.4, 0.5) is 0 Å². The molecule has 1 atom stereocenters. The van der Waals surface area contributed by atoms with Crippen molar-refractivity contribution in [3.63, 3.8) is 0 Å². The number of rotatable bonds is 10. The molecule has 0 saturated carbocycles. The number of aryl methyl sites for hydroxylation is 2. The smallest absolute Gasteiger partial charge is 0.242 e. The lowest BCUT2D eigenvalue weighted by atomic mass is 10.0. The number of carbonyl (C=O) groups is 2. The molecule has 31 heavy (non-hydrogen) atoms. The topological polar surface area (TPSA) is 58.6 Å². The number of carbonyl (C=O) groups excluding carboxylic acids is 2. The minimum atomic E-state index is -0.525. The number of amides is 2. The first-order valence-corrected chi connectivity index (χ1v) is 11.0. The molecule has 0 fully saturated rings. The van der Waals surface area contributed by atoms with E-state index in [-0.39, 0.29) is 18.2 Å². The van der Waals surface area contributed by atoms with E-state index in [1.807, 2.05) is 57.2 Å². The molecule has 5 nitrogen and oxygen atoms in total. The Balaban J connectivity index is 2.32. The average Bonchev–Trinajstić information content (AvgIpc) is 2.71. The first-order valence-electron chi connectivity index (χ1n) is 11.0. The van der Waals surface area contributed by atoms with Crippen LogP contribution in [0.5, 0.6) is 5.75 Å². The predicted molar refractivity (Wildman–Crippen MR) is 125 cm³/mol. The third kappa shape index (κ3) is 7.42. The van der Waals surface area contributed by atoms with E-state index >= 15 is 0 Å². The van der Waals surface area contributed by atoms with Crippen molar-refractivity contribution in [1.82, 2.24) is 10.2 Å². The molecule has 0 spiro atoms. The van der Waals surface area contributed by atoms with Crippen LogP contribution in [-0.2, 0) is 22.6 Å². The van der Waals surface area contributed by atoms with Crippen LogP contribution in [0.15, 0.2) is 42.5 Å². The highest BCUT2D eigenvalue weighted by atomic mass is 16.5. The van der Waals surface area contributed by atoms with E-state index in [9.17, 15) is 9.59 Å². The number of hydrogen-bond acceptors (Lipinski definition) is 3. The van der Waals surface area contributed by atoms with Crippen molar-refractivity contribution in [2.45, 2.75) is 60.0 Å². The number of benzene rings is 2. The summed E-state index contributed by atoms with van der Waals surface area (Å²) in [7, 11) is 1.62. The highest BCUT2D eigenvalue weighted by molar-refractivity contribution is 5.88. The molecule has 0 aromatic heterocycles. The molecular formula is C26H36N2O3. The Morgan fingerprint density at radius 2 is 1.71 bits per heavy atom. The van der Waals surface area contributed by atoms with Gasteiger partial charge in [0.25, 0.3) is 0 Å². The zero-order valence-corrected chi connectivity index (χ0v) is 19.7. The van der Waals surface area contributed by atoms with Crippen molar-refractivity contribution in [2.24, 2.45) is 5.92 Å². The van der Waals surface area contributed by atoms with Gasteiger partial charge in [0.05, 0.1) is 13.5 Å². The Labute approximate surface area is 186 Å². The van der Waals surface area contributed by atoms with Crippen molar-refractivity contribution in [1.29, 1.82) is 0 Å². The number of methoxy groups -OCH3 is 1. The summed E-state index contributed by atoms with van der Waals surface area (Å²) in [6.07, 6.45) is 0.812. The van der Waals surface area contributed by atoms with E-state index < -0.39 is 6.04 Å². The van der Waals surface area contributed by atoms with Crippen molar-refractivity contribution in [2.75, 3.05) is 13.7 Å². The predicted octanol–water partition coefficient (Wildman–Crippen LogP) is 4.43. The maximum absolute atomic E-state index is 13.5. The molecule has 2 amide bonds. The Morgan fingerprint density at radius 1 is 1.03 bits per heavy atom. The van der Waals surface area contributed by atoms with Crippen LogP contribution in [0.3, 0.4) is 0 Å². The number of nitrogens with zero attached hydrogens (tertiary/aromatic N) is 1. The third-order valence-electron chi connectivity index (χ3n) is 5.19. The standard InChI is InChI=1S/C26H36N2O3/c1-7-24(26(30)27-16-18(2)3)28(17-21-9-8-10-23(14-21)31-6)25(29)15-22-12-19(4)11-20(5)13-22/h8-14,18,24H,7,15-17H2,1-6H3,(H,27,30)/t24-/m1/s1. The van der Waals surface area contributed by atoms with Gasteiger partial charge in [0.15, 0.2) is 0 Å². The summed E-state index contributed by atoms with van der Waals surface area (Å²) in [4.78, 5) is 28.1. The first-order chi connectivity index (χ1) is 14.7. The Bertz CT molecular complexity index is 872. The lowest BCUT2D eigenvalue weighted by molar-refractivity contribution is -0.141. The second kappa shape index (κ2) is 11.5. The van der Waals surface area contributed by atoms with Crippen molar-refractivity contribution in [3.8, 4) is 5.75 Å². The van der Waals surface area contributed by atoms with Gasteiger partial charge in [-0.15, -0.1) is 0 Å². The molecule has 0 unspecified atom stereocenters. The van der Waals surface area contributed by atoms with Crippen LogP contribution < -0.4 is 10.1 Å². The minimum Gasteiger partial charge on any atom is -0.497 e. The Morgan fingerprint density at radius 3 is 2.29 bits per heavy atom. The Hall–Kier alpha value is -2.82. The fourth-order valence-electron chi connectivity index (χ4n) is 3.76. The molecule has 0 radical (unpaired) electrons. The van der Waals surface area contributed by atoms with Gasteiger partial charge in [0, 0.05) is 13.1 Å². The fraction of sp³-hybridized carbons (Fsp3) is 0.462. The van der Waals surface area contributed by atoms with Crippen molar-refractivity contribution < 1.29 is 14.3 Å². The monoisotopic (exact) mass is 424 g/mol. The molecule has 0 aliphatic heterocycles. The van der Waals surface area contributed by atoms with Crippen LogP contribution in [0.1, 0.15) is 49.4 Å². The zero-order valence-electron chi connectivity index (χ0n) is 19.7. The number of hydrogen-bond donors (Lipinski definition) is 1. The van der Waals surface area contributed by atoms with Gasteiger partial charge < -0.3 is 15.0 Å². The average molecular weight is 425 g/mol. The molecule has 1 N–H and O–H groups in total. The van der Waals surface area contributed by atoms with Crippen LogP contribution in [0.2, 0.25) is 0 Å². The van der Waals surface area contributed by atoms with Gasteiger partial charge >= 0.3 is 0 Å². The molecule has 0 aliphatic carbocycles. The van der Waals surface area contributed by atoms with Gasteiger partial charge in [-0.1, -0.05) is 62.2 Å². The van der Waals surface area contributed by atoms with Crippen LogP contribution in [0.25, 0.3) is 0 Å².